The Kier molecular flexibility index (Phi) is 7.00. The summed E-state index contributed by atoms with van der Waals surface area (Å²) in [4.78, 5) is 0. The van der Waals surface area contributed by atoms with Crippen molar-refractivity contribution in [3.05, 3.63) is 71.8 Å². The maximum Gasteiger partial charge on any atom is 0.0547 e. The van der Waals surface area contributed by atoms with Crippen molar-refractivity contribution in [3.8, 4) is 0 Å². The van der Waals surface area contributed by atoms with Crippen LogP contribution < -0.4 is 0 Å². The molecule has 0 spiro atoms. The topological polar surface area (TPSA) is 0 Å². The first-order valence-corrected chi connectivity index (χ1v) is 19.1. The van der Waals surface area contributed by atoms with Gasteiger partial charge in [0.05, 0.1) is 8.07 Å². The highest BCUT2D eigenvalue weighted by Gasteiger charge is 2.62. The van der Waals surface area contributed by atoms with Gasteiger partial charge in [0, 0.05) is 0 Å². The summed E-state index contributed by atoms with van der Waals surface area (Å²) in [5.41, 5.74) is 5.26. The van der Waals surface area contributed by atoms with E-state index in [2.05, 4.69) is 101 Å². The second-order valence-corrected chi connectivity index (χ2v) is 19.7. The van der Waals surface area contributed by atoms with Crippen LogP contribution in [0.1, 0.15) is 89.2 Å². The van der Waals surface area contributed by atoms with Gasteiger partial charge in [0.25, 0.3) is 0 Å². The first kappa shape index (κ1) is 25.9. The number of fused-ring (bicyclic) bond motifs is 2. The normalized spacial score (nSPS) is 43.8. The summed E-state index contributed by atoms with van der Waals surface area (Å²) in [7, 11) is -1.52. The molecular weight excluding hydrogens is 460 g/mol. The maximum atomic E-state index is 2.89. The van der Waals surface area contributed by atoms with E-state index in [0.717, 1.165) is 70.3 Å². The van der Waals surface area contributed by atoms with Crippen molar-refractivity contribution in [2.45, 2.75) is 102 Å². The third-order valence-corrected chi connectivity index (χ3v) is 18.5. The second-order valence-electron chi connectivity index (χ2n) is 14.7. The fourth-order valence-electron chi connectivity index (χ4n) is 11.9. The van der Waals surface area contributed by atoms with Gasteiger partial charge in [-0.05, 0) is 94.2 Å². The molecule has 12 atom stereocenters. The van der Waals surface area contributed by atoms with Crippen molar-refractivity contribution >= 4 is 8.07 Å². The molecule has 1 heteroatoms. The van der Waals surface area contributed by atoms with Crippen molar-refractivity contribution < 1.29 is 0 Å². The van der Waals surface area contributed by atoms with Crippen LogP contribution in [0.25, 0.3) is 0 Å². The van der Waals surface area contributed by atoms with Gasteiger partial charge in [0.1, 0.15) is 0 Å². The molecule has 4 fully saturated rings. The average molecular weight is 513 g/mol. The first-order chi connectivity index (χ1) is 17.8. The molecule has 0 aromatic heterocycles. The summed E-state index contributed by atoms with van der Waals surface area (Å²) in [6.45, 7) is 16.5. The summed E-state index contributed by atoms with van der Waals surface area (Å²) in [6.07, 6.45) is 8.72. The van der Waals surface area contributed by atoms with Gasteiger partial charge >= 0.3 is 0 Å². The van der Waals surface area contributed by atoms with Gasteiger partial charge in [0.2, 0.25) is 0 Å². The van der Waals surface area contributed by atoms with Gasteiger partial charge in [-0.15, -0.1) is 0 Å². The molecule has 0 saturated heterocycles. The van der Waals surface area contributed by atoms with E-state index in [0.29, 0.717) is 0 Å². The van der Waals surface area contributed by atoms with Crippen LogP contribution in [0.15, 0.2) is 60.7 Å². The summed E-state index contributed by atoms with van der Waals surface area (Å²) >= 11 is 0. The van der Waals surface area contributed by atoms with Crippen LogP contribution in [0.5, 0.6) is 0 Å². The standard InChI is InChI=1S/C36H52Si/c1-23-25(3)35(31-21-13-19-29(33(23)31)27-15-9-7-10-16-27)37(5,6)36-26(4)24(2)34-30(20-14-22-32(34)36)28-17-11-8-12-18-28/h7-12,15-18,23-26,29-36H,13-14,19-22H2,1-6H3. The monoisotopic (exact) mass is 512 g/mol. The predicted molar refractivity (Wildman–Crippen MR) is 162 cm³/mol. The van der Waals surface area contributed by atoms with E-state index in [1.54, 1.807) is 11.1 Å². The van der Waals surface area contributed by atoms with Crippen molar-refractivity contribution in [2.75, 3.05) is 0 Å². The number of benzene rings is 2. The fraction of sp³-hybridized carbons (Fsp3) is 0.667. The third kappa shape index (κ3) is 4.13. The Morgan fingerprint density at radius 1 is 0.514 bits per heavy atom. The minimum atomic E-state index is -1.52. The van der Waals surface area contributed by atoms with E-state index < -0.39 is 8.07 Å². The zero-order valence-corrected chi connectivity index (χ0v) is 25.4. The molecule has 0 N–H and O–H groups in total. The van der Waals surface area contributed by atoms with Crippen LogP contribution >= 0.6 is 0 Å². The Hall–Kier alpha value is -1.34. The van der Waals surface area contributed by atoms with Crippen LogP contribution in [-0.4, -0.2) is 8.07 Å². The Labute approximate surface area is 229 Å². The lowest BCUT2D eigenvalue weighted by Gasteiger charge is -2.49. The molecule has 0 radical (unpaired) electrons. The van der Waals surface area contributed by atoms with Crippen molar-refractivity contribution in [2.24, 2.45) is 47.3 Å². The summed E-state index contributed by atoms with van der Waals surface area (Å²) in [6, 6.07) is 23.3. The third-order valence-electron chi connectivity index (χ3n) is 13.1. The molecule has 4 saturated carbocycles. The van der Waals surface area contributed by atoms with E-state index in [4.69, 9.17) is 0 Å². The van der Waals surface area contributed by atoms with E-state index in [1.807, 2.05) is 0 Å². The first-order valence-electron chi connectivity index (χ1n) is 15.9. The zero-order valence-electron chi connectivity index (χ0n) is 24.4. The van der Waals surface area contributed by atoms with Gasteiger partial charge in [-0.25, -0.2) is 0 Å². The Morgan fingerprint density at radius 3 is 1.27 bits per heavy atom. The molecular formula is C36H52Si. The Balaban J connectivity index is 1.33. The van der Waals surface area contributed by atoms with Gasteiger partial charge in [-0.3, -0.25) is 0 Å². The second kappa shape index (κ2) is 10.00. The predicted octanol–water partition coefficient (Wildman–Crippen LogP) is 10.4. The van der Waals surface area contributed by atoms with Crippen molar-refractivity contribution in [1.82, 2.24) is 0 Å². The molecule has 37 heavy (non-hydrogen) atoms. The highest BCUT2D eigenvalue weighted by molar-refractivity contribution is 6.80. The van der Waals surface area contributed by atoms with Crippen LogP contribution in [-0.2, 0) is 0 Å². The van der Waals surface area contributed by atoms with E-state index >= 15 is 0 Å². The van der Waals surface area contributed by atoms with Gasteiger partial charge in [-0.1, -0.05) is 127 Å². The molecule has 0 heterocycles. The largest absolute Gasteiger partial charge is 0.0689 e. The molecule has 4 aliphatic rings. The van der Waals surface area contributed by atoms with E-state index in [9.17, 15) is 0 Å². The molecule has 4 aliphatic carbocycles. The van der Waals surface area contributed by atoms with Gasteiger partial charge in [-0.2, -0.15) is 0 Å². The Morgan fingerprint density at radius 2 is 0.892 bits per heavy atom. The molecule has 12 unspecified atom stereocenters. The molecule has 200 valence electrons. The lowest BCUT2D eigenvalue weighted by molar-refractivity contribution is 0.191. The SMILES string of the molecule is CC1C(C)C([Si](C)(C)C2C(C)C(C)C3C(c4ccccc4)CCCC32)C2CCCC(c3ccccc3)C12. The zero-order chi connectivity index (χ0) is 25.9. The molecule has 0 amide bonds. The van der Waals surface area contributed by atoms with Crippen LogP contribution in [0.4, 0.5) is 0 Å². The van der Waals surface area contributed by atoms with Gasteiger partial charge < -0.3 is 0 Å². The maximum absolute atomic E-state index is 2.89. The van der Waals surface area contributed by atoms with Crippen molar-refractivity contribution in [1.29, 1.82) is 0 Å². The van der Waals surface area contributed by atoms with Crippen LogP contribution in [0.3, 0.4) is 0 Å². The average Bonchev–Trinajstić information content (AvgIpc) is 3.34. The minimum absolute atomic E-state index is 0.789. The highest BCUT2D eigenvalue weighted by Crippen LogP contribution is 2.69. The number of hydrogen-bond acceptors (Lipinski definition) is 0. The molecule has 0 bridgehead atoms. The molecule has 2 aromatic rings. The smallest absolute Gasteiger partial charge is 0.0547 e. The number of rotatable bonds is 4. The van der Waals surface area contributed by atoms with E-state index in [-0.39, 0.29) is 0 Å². The summed E-state index contributed by atoms with van der Waals surface area (Å²) in [5, 5.41) is 0. The summed E-state index contributed by atoms with van der Waals surface area (Å²) < 4.78 is 0. The van der Waals surface area contributed by atoms with Crippen molar-refractivity contribution in [3.63, 3.8) is 0 Å². The molecule has 6 rings (SSSR count). The molecule has 0 aliphatic heterocycles. The number of hydrogen-bond donors (Lipinski definition) is 0. The van der Waals surface area contributed by atoms with Crippen LogP contribution in [0.2, 0.25) is 24.2 Å². The lowest BCUT2D eigenvalue weighted by atomic mass is 9.68. The quantitative estimate of drug-likeness (QED) is 0.357. The highest BCUT2D eigenvalue weighted by atomic mass is 28.3. The molecule has 0 nitrogen and oxygen atoms in total. The molecule has 2 aromatic carbocycles. The van der Waals surface area contributed by atoms with Crippen LogP contribution in [0, 0.1) is 47.3 Å². The Bertz CT molecular complexity index is 959. The lowest BCUT2D eigenvalue weighted by Crippen LogP contribution is -2.47. The minimum Gasteiger partial charge on any atom is -0.0689 e. The van der Waals surface area contributed by atoms with Gasteiger partial charge in [0.15, 0.2) is 0 Å². The van der Waals surface area contributed by atoms with E-state index in [1.165, 1.54) is 38.5 Å². The fourth-order valence-corrected chi connectivity index (χ4v) is 18.6. The summed E-state index contributed by atoms with van der Waals surface area (Å²) in [5.74, 6) is 8.79.